The van der Waals surface area contributed by atoms with E-state index in [2.05, 4.69) is 15.9 Å². The molecule has 0 aliphatic rings. The molecule has 1 unspecified atom stereocenters. The molecule has 0 amide bonds. The van der Waals surface area contributed by atoms with Crippen LogP contribution < -0.4 is 5.73 Å². The van der Waals surface area contributed by atoms with E-state index in [1.54, 1.807) is 0 Å². The smallest absolute Gasteiger partial charge is 0.320 e. The van der Waals surface area contributed by atoms with Crippen LogP contribution in [0.4, 0.5) is 22.0 Å². The Morgan fingerprint density at radius 3 is 2.24 bits per heavy atom. The van der Waals surface area contributed by atoms with Gasteiger partial charge < -0.3 is 5.73 Å². The molecule has 2 rings (SSSR count). The zero-order valence-electron chi connectivity index (χ0n) is 10.4. The van der Waals surface area contributed by atoms with Gasteiger partial charge in [0.2, 0.25) is 0 Å². The van der Waals surface area contributed by atoms with Crippen LogP contribution in [-0.2, 0) is 6.18 Å². The summed E-state index contributed by atoms with van der Waals surface area (Å²) in [6.45, 7) is 0. The summed E-state index contributed by atoms with van der Waals surface area (Å²) >= 11 is 3.17. The first kappa shape index (κ1) is 15.9. The zero-order chi connectivity index (χ0) is 15.8. The first-order chi connectivity index (χ1) is 9.70. The van der Waals surface area contributed by atoms with Crippen molar-refractivity contribution in [3.05, 3.63) is 69.2 Å². The third-order valence-corrected chi connectivity index (χ3v) is 3.67. The van der Waals surface area contributed by atoms with Crippen LogP contribution in [0, 0.1) is 11.6 Å². The number of hydrogen-bond acceptors (Lipinski definition) is 1. The Bertz CT molecular complexity index is 669. The van der Waals surface area contributed by atoms with Crippen LogP contribution in [0.15, 0.2) is 40.9 Å². The van der Waals surface area contributed by atoms with Gasteiger partial charge in [-0.15, -0.1) is 0 Å². The Morgan fingerprint density at radius 2 is 1.67 bits per heavy atom. The molecule has 0 saturated carbocycles. The van der Waals surface area contributed by atoms with E-state index in [-0.39, 0.29) is 5.56 Å². The molecule has 0 aliphatic carbocycles. The molecule has 2 N–H and O–H groups in total. The lowest BCUT2D eigenvalue weighted by Crippen LogP contribution is -2.15. The van der Waals surface area contributed by atoms with E-state index in [9.17, 15) is 22.0 Å². The predicted molar refractivity (Wildman–Crippen MR) is 71.5 cm³/mol. The van der Waals surface area contributed by atoms with Crippen LogP contribution in [0.3, 0.4) is 0 Å². The van der Waals surface area contributed by atoms with Crippen molar-refractivity contribution in [2.75, 3.05) is 0 Å². The first-order valence-corrected chi connectivity index (χ1v) is 6.56. The Balaban J connectivity index is 2.43. The molecule has 2 aromatic rings. The van der Waals surface area contributed by atoms with E-state index in [1.165, 1.54) is 12.1 Å². The molecule has 0 heterocycles. The summed E-state index contributed by atoms with van der Waals surface area (Å²) in [6, 6.07) is 5.23. The van der Waals surface area contributed by atoms with Crippen LogP contribution in [0.2, 0.25) is 0 Å². The maximum absolute atomic E-state index is 13.5. The van der Waals surface area contributed by atoms with E-state index < -0.39 is 29.4 Å². The van der Waals surface area contributed by atoms with Crippen molar-refractivity contribution in [3.8, 4) is 0 Å². The molecule has 7 heteroatoms. The lowest BCUT2D eigenvalue weighted by atomic mass is 9.98. The van der Waals surface area contributed by atoms with E-state index in [0.29, 0.717) is 22.2 Å². The molecule has 0 aliphatic heterocycles. The van der Waals surface area contributed by atoms with Crippen molar-refractivity contribution in [2.24, 2.45) is 5.73 Å². The summed E-state index contributed by atoms with van der Waals surface area (Å²) in [7, 11) is 0. The van der Waals surface area contributed by atoms with Gasteiger partial charge in [0.1, 0.15) is 11.6 Å². The van der Waals surface area contributed by atoms with Crippen molar-refractivity contribution in [2.45, 2.75) is 12.2 Å². The van der Waals surface area contributed by atoms with Crippen molar-refractivity contribution < 1.29 is 22.0 Å². The van der Waals surface area contributed by atoms with Crippen LogP contribution in [-0.4, -0.2) is 0 Å². The molecule has 112 valence electrons. The number of hydrogen-bond donors (Lipinski definition) is 1. The second kappa shape index (κ2) is 5.73. The molecule has 0 spiro atoms. The van der Waals surface area contributed by atoms with E-state index in [0.717, 1.165) is 12.1 Å². The lowest BCUT2D eigenvalue weighted by molar-refractivity contribution is -0.140. The molecule has 0 bridgehead atoms. The van der Waals surface area contributed by atoms with Gasteiger partial charge in [-0.05, 0) is 41.5 Å². The van der Waals surface area contributed by atoms with E-state index in [4.69, 9.17) is 5.73 Å². The Morgan fingerprint density at radius 1 is 1.00 bits per heavy atom. The summed E-state index contributed by atoms with van der Waals surface area (Å²) in [5.41, 5.74) is 4.94. The van der Waals surface area contributed by atoms with Crippen LogP contribution in [0.1, 0.15) is 22.7 Å². The van der Waals surface area contributed by atoms with Gasteiger partial charge in [-0.25, -0.2) is 8.78 Å². The minimum Gasteiger partial charge on any atom is -0.320 e. The van der Waals surface area contributed by atoms with Gasteiger partial charge in [0.25, 0.3) is 0 Å². The van der Waals surface area contributed by atoms with Crippen LogP contribution in [0.5, 0.6) is 0 Å². The van der Waals surface area contributed by atoms with Gasteiger partial charge in [0, 0.05) is 4.47 Å². The molecule has 21 heavy (non-hydrogen) atoms. The molecular weight excluding hydrogens is 357 g/mol. The molecule has 0 saturated heterocycles. The van der Waals surface area contributed by atoms with Gasteiger partial charge in [0.15, 0.2) is 0 Å². The Hall–Kier alpha value is -1.47. The molecule has 1 nitrogen and oxygen atoms in total. The standard InChI is InChI=1S/C14H9BrF5N/c15-11-4-2-8(16)6-9(11)13(21)7-1-3-10(12(17)5-7)14(18,19)20/h1-6,13H,21H2. The summed E-state index contributed by atoms with van der Waals surface area (Å²) in [5, 5.41) is 0. The highest BCUT2D eigenvalue weighted by Gasteiger charge is 2.34. The third kappa shape index (κ3) is 3.41. The maximum Gasteiger partial charge on any atom is 0.419 e. The van der Waals surface area contributed by atoms with Gasteiger partial charge in [-0.3, -0.25) is 0 Å². The first-order valence-electron chi connectivity index (χ1n) is 5.77. The quantitative estimate of drug-likeness (QED) is 0.760. The molecule has 1 atom stereocenters. The SMILES string of the molecule is NC(c1ccc(C(F)(F)F)c(F)c1)c1cc(F)ccc1Br. The highest BCUT2D eigenvalue weighted by molar-refractivity contribution is 9.10. The fourth-order valence-corrected chi connectivity index (χ4v) is 2.38. The zero-order valence-corrected chi connectivity index (χ0v) is 12.0. The van der Waals surface area contributed by atoms with Crippen molar-refractivity contribution in [1.82, 2.24) is 0 Å². The second-order valence-electron chi connectivity index (χ2n) is 4.38. The normalized spacial score (nSPS) is 13.3. The maximum atomic E-state index is 13.5. The minimum atomic E-state index is -4.77. The highest BCUT2D eigenvalue weighted by Crippen LogP contribution is 2.34. The lowest BCUT2D eigenvalue weighted by Gasteiger charge is -2.16. The van der Waals surface area contributed by atoms with Gasteiger partial charge in [-0.2, -0.15) is 13.2 Å². The van der Waals surface area contributed by atoms with Gasteiger partial charge in [0.05, 0.1) is 11.6 Å². The fourth-order valence-electron chi connectivity index (χ4n) is 1.89. The summed E-state index contributed by atoms with van der Waals surface area (Å²) in [6.07, 6.45) is -4.77. The third-order valence-electron chi connectivity index (χ3n) is 2.95. The molecule has 0 radical (unpaired) electrons. The van der Waals surface area contributed by atoms with Gasteiger partial charge >= 0.3 is 6.18 Å². The Kier molecular flexibility index (Phi) is 4.34. The van der Waals surface area contributed by atoms with Gasteiger partial charge in [-0.1, -0.05) is 22.0 Å². The van der Waals surface area contributed by atoms with Crippen LogP contribution in [0.25, 0.3) is 0 Å². The Labute approximate surface area is 125 Å². The molecule has 2 aromatic carbocycles. The number of rotatable bonds is 2. The van der Waals surface area contributed by atoms with E-state index in [1.807, 2.05) is 0 Å². The molecular formula is C14H9BrF5N. The molecule has 0 fully saturated rings. The largest absolute Gasteiger partial charge is 0.419 e. The summed E-state index contributed by atoms with van der Waals surface area (Å²) in [4.78, 5) is 0. The summed E-state index contributed by atoms with van der Waals surface area (Å²) in [5.74, 6) is -1.96. The summed E-state index contributed by atoms with van der Waals surface area (Å²) < 4.78 is 64.7. The van der Waals surface area contributed by atoms with Crippen molar-refractivity contribution >= 4 is 15.9 Å². The average Bonchev–Trinajstić information content (AvgIpc) is 2.39. The topological polar surface area (TPSA) is 26.0 Å². The number of nitrogens with two attached hydrogens (primary N) is 1. The highest BCUT2D eigenvalue weighted by atomic mass is 79.9. The predicted octanol–water partition coefficient (Wildman–Crippen LogP) is 4.79. The minimum absolute atomic E-state index is 0.117. The number of halogens is 6. The van der Waals surface area contributed by atoms with Crippen LogP contribution >= 0.6 is 15.9 Å². The monoisotopic (exact) mass is 365 g/mol. The second-order valence-corrected chi connectivity index (χ2v) is 5.23. The average molecular weight is 366 g/mol. The number of benzene rings is 2. The fraction of sp³-hybridized carbons (Fsp3) is 0.143. The molecule has 0 aromatic heterocycles. The van der Waals surface area contributed by atoms with Crippen molar-refractivity contribution in [1.29, 1.82) is 0 Å². The number of alkyl halides is 3. The van der Waals surface area contributed by atoms with E-state index >= 15 is 0 Å². The van der Waals surface area contributed by atoms with Crippen molar-refractivity contribution in [3.63, 3.8) is 0 Å².